The molecule has 0 fully saturated rings. The van der Waals surface area contributed by atoms with Crippen LogP contribution in [0.15, 0.2) is 47.6 Å². The largest absolute Gasteiger partial charge is 0.493 e. The van der Waals surface area contributed by atoms with E-state index >= 15 is 0 Å². The van der Waals surface area contributed by atoms with Gasteiger partial charge in [0.05, 0.1) is 13.3 Å². The zero-order chi connectivity index (χ0) is 20.1. The van der Waals surface area contributed by atoms with Crippen molar-refractivity contribution in [2.45, 2.75) is 6.54 Å². The van der Waals surface area contributed by atoms with Crippen molar-refractivity contribution < 1.29 is 19.0 Å². The molecule has 0 spiro atoms. The molecule has 1 amide bonds. The van der Waals surface area contributed by atoms with Crippen LogP contribution in [0.2, 0.25) is 0 Å². The Labute approximate surface area is 166 Å². The van der Waals surface area contributed by atoms with Crippen LogP contribution in [-0.2, 0) is 11.3 Å². The first-order valence-electron chi connectivity index (χ1n) is 8.85. The van der Waals surface area contributed by atoms with E-state index in [-0.39, 0.29) is 12.5 Å². The summed E-state index contributed by atoms with van der Waals surface area (Å²) in [5.74, 6) is 1.73. The van der Waals surface area contributed by atoms with Gasteiger partial charge in [0.2, 0.25) is 11.6 Å². The minimum Gasteiger partial charge on any atom is -0.493 e. The highest BCUT2D eigenvalue weighted by atomic mass is 16.6. The fourth-order valence-electron chi connectivity index (χ4n) is 2.72. The predicted octanol–water partition coefficient (Wildman–Crippen LogP) is 1.27. The van der Waals surface area contributed by atoms with Gasteiger partial charge in [-0.3, -0.25) is 4.79 Å². The summed E-state index contributed by atoms with van der Waals surface area (Å²) in [5, 5.41) is 16.0. The molecule has 2 aromatic carbocycles. The molecular weight excluding hydrogens is 376 g/mol. The number of nitrogens with one attached hydrogen (secondary N) is 1. The average Bonchev–Trinajstić information content (AvgIpc) is 3.22. The summed E-state index contributed by atoms with van der Waals surface area (Å²) in [6, 6.07) is 12.9. The number of nitrogens with zero attached hydrogens (tertiary/aromatic N) is 5. The van der Waals surface area contributed by atoms with Crippen LogP contribution >= 0.6 is 0 Å². The van der Waals surface area contributed by atoms with Gasteiger partial charge in [0.15, 0.2) is 11.5 Å². The molecule has 3 aromatic rings. The molecule has 0 atom stereocenters. The van der Waals surface area contributed by atoms with Crippen LogP contribution < -0.4 is 19.6 Å². The molecule has 10 heteroatoms. The predicted molar refractivity (Wildman–Crippen MR) is 103 cm³/mol. The Kier molecular flexibility index (Phi) is 5.32. The third-order valence-electron chi connectivity index (χ3n) is 4.02. The number of tetrazole rings is 1. The summed E-state index contributed by atoms with van der Waals surface area (Å²) in [6.45, 7) is 0.820. The molecule has 0 radical (unpaired) electrons. The molecule has 1 N–H and O–H groups in total. The fourth-order valence-corrected chi connectivity index (χ4v) is 2.72. The maximum atomic E-state index is 12.1. The number of carbonyl (C=O) groups is 1. The zero-order valence-electron chi connectivity index (χ0n) is 15.6. The molecule has 148 valence electrons. The number of fused-ring (bicyclic) bond motifs is 1. The second-order valence-electron chi connectivity index (χ2n) is 6.05. The first-order valence-corrected chi connectivity index (χ1v) is 8.85. The molecule has 0 bridgehead atoms. The lowest BCUT2D eigenvalue weighted by Gasteiger charge is -2.20. The summed E-state index contributed by atoms with van der Waals surface area (Å²) in [5.41, 5.74) is 3.95. The Hall–Kier alpha value is -3.95. The van der Waals surface area contributed by atoms with Crippen LogP contribution in [-0.4, -0.2) is 52.7 Å². The molecule has 0 aliphatic carbocycles. The van der Waals surface area contributed by atoms with Crippen molar-refractivity contribution in [3.05, 3.63) is 48.0 Å². The van der Waals surface area contributed by atoms with Gasteiger partial charge in [-0.2, -0.15) is 9.90 Å². The van der Waals surface area contributed by atoms with Crippen LogP contribution in [0.4, 0.5) is 0 Å². The van der Waals surface area contributed by atoms with E-state index in [9.17, 15) is 4.79 Å². The second kappa shape index (κ2) is 8.38. The lowest BCUT2D eigenvalue weighted by molar-refractivity contribution is -0.122. The highest BCUT2D eigenvalue weighted by Crippen LogP contribution is 2.39. The summed E-state index contributed by atoms with van der Waals surface area (Å²) in [4.78, 5) is 13.3. The van der Waals surface area contributed by atoms with Gasteiger partial charge in [0, 0.05) is 11.1 Å². The number of hydrazone groups is 1. The van der Waals surface area contributed by atoms with E-state index in [0.29, 0.717) is 41.9 Å². The van der Waals surface area contributed by atoms with Gasteiger partial charge in [-0.25, -0.2) is 5.43 Å². The topological polar surface area (TPSA) is 113 Å². The molecular formula is C19H18N6O4. The Bertz CT molecular complexity index is 1020. The molecule has 1 aliphatic heterocycles. The Morgan fingerprint density at radius 3 is 2.93 bits per heavy atom. The van der Waals surface area contributed by atoms with Crippen molar-refractivity contribution >= 4 is 12.1 Å². The Morgan fingerprint density at radius 1 is 1.28 bits per heavy atom. The van der Waals surface area contributed by atoms with Crippen molar-refractivity contribution in [3.8, 4) is 28.6 Å². The number of ether oxygens (including phenoxy) is 3. The highest BCUT2D eigenvalue weighted by Gasteiger charge is 2.18. The van der Waals surface area contributed by atoms with E-state index in [2.05, 4.69) is 25.9 Å². The van der Waals surface area contributed by atoms with Crippen LogP contribution in [0.1, 0.15) is 5.56 Å². The van der Waals surface area contributed by atoms with Gasteiger partial charge in [-0.05, 0) is 17.3 Å². The SMILES string of the molecule is COc1cc(/C=N\NC(=O)Cn2nnc(-c3ccccc3)n2)cc2c1OCCO2. The first kappa shape index (κ1) is 18.4. The highest BCUT2D eigenvalue weighted by molar-refractivity contribution is 5.84. The van der Waals surface area contributed by atoms with Crippen LogP contribution in [0.25, 0.3) is 11.4 Å². The van der Waals surface area contributed by atoms with Crippen LogP contribution in [0.3, 0.4) is 0 Å². The van der Waals surface area contributed by atoms with E-state index in [1.165, 1.54) is 11.0 Å². The summed E-state index contributed by atoms with van der Waals surface area (Å²) >= 11 is 0. The van der Waals surface area contributed by atoms with Crippen molar-refractivity contribution in [2.24, 2.45) is 5.10 Å². The first-order chi connectivity index (χ1) is 14.2. The maximum absolute atomic E-state index is 12.1. The quantitative estimate of drug-likeness (QED) is 0.495. The molecule has 29 heavy (non-hydrogen) atoms. The van der Waals surface area contributed by atoms with Gasteiger partial charge < -0.3 is 14.2 Å². The van der Waals surface area contributed by atoms with E-state index in [1.54, 1.807) is 19.2 Å². The van der Waals surface area contributed by atoms with Gasteiger partial charge in [-0.1, -0.05) is 30.3 Å². The van der Waals surface area contributed by atoms with Gasteiger partial charge >= 0.3 is 0 Å². The summed E-state index contributed by atoms with van der Waals surface area (Å²) in [7, 11) is 1.55. The fraction of sp³-hybridized carbons (Fsp3) is 0.211. The molecule has 4 rings (SSSR count). The molecule has 1 aliphatic rings. The lowest BCUT2D eigenvalue weighted by atomic mass is 10.2. The van der Waals surface area contributed by atoms with Gasteiger partial charge in [0.25, 0.3) is 5.91 Å². The minimum atomic E-state index is -0.386. The Morgan fingerprint density at radius 2 is 2.10 bits per heavy atom. The lowest BCUT2D eigenvalue weighted by Crippen LogP contribution is -2.24. The average molecular weight is 394 g/mol. The van der Waals surface area contributed by atoms with Gasteiger partial charge in [0.1, 0.15) is 19.8 Å². The van der Waals surface area contributed by atoms with E-state index in [1.807, 2.05) is 30.3 Å². The van der Waals surface area contributed by atoms with E-state index in [4.69, 9.17) is 14.2 Å². The molecule has 1 aromatic heterocycles. The number of hydrogen-bond donors (Lipinski definition) is 1. The standard InChI is InChI=1S/C19H18N6O4/c1-27-15-9-13(10-16-18(15)29-8-7-28-16)11-20-21-17(26)12-25-23-19(22-24-25)14-5-3-2-4-6-14/h2-6,9-11H,7-8,12H2,1H3,(H,21,26)/b20-11-. The molecule has 2 heterocycles. The van der Waals surface area contributed by atoms with Crippen molar-refractivity contribution in [1.82, 2.24) is 25.6 Å². The number of hydrogen-bond acceptors (Lipinski definition) is 8. The summed E-state index contributed by atoms with van der Waals surface area (Å²) in [6.07, 6.45) is 1.49. The monoisotopic (exact) mass is 394 g/mol. The van der Waals surface area contributed by atoms with Crippen molar-refractivity contribution in [3.63, 3.8) is 0 Å². The zero-order valence-corrected chi connectivity index (χ0v) is 15.6. The molecule has 0 saturated carbocycles. The third-order valence-corrected chi connectivity index (χ3v) is 4.02. The number of aromatic nitrogens is 4. The van der Waals surface area contributed by atoms with Crippen LogP contribution in [0.5, 0.6) is 17.2 Å². The van der Waals surface area contributed by atoms with Gasteiger partial charge in [-0.15, -0.1) is 10.2 Å². The number of methoxy groups -OCH3 is 1. The van der Waals surface area contributed by atoms with Crippen molar-refractivity contribution in [1.29, 1.82) is 0 Å². The molecule has 10 nitrogen and oxygen atoms in total. The smallest absolute Gasteiger partial charge is 0.263 e. The summed E-state index contributed by atoms with van der Waals surface area (Å²) < 4.78 is 16.4. The van der Waals surface area contributed by atoms with E-state index < -0.39 is 0 Å². The second-order valence-corrected chi connectivity index (χ2v) is 6.05. The molecule has 0 saturated heterocycles. The third kappa shape index (κ3) is 4.32. The number of rotatable bonds is 6. The van der Waals surface area contributed by atoms with Crippen molar-refractivity contribution in [2.75, 3.05) is 20.3 Å². The molecule has 0 unspecified atom stereocenters. The number of benzene rings is 2. The maximum Gasteiger partial charge on any atom is 0.263 e. The number of carbonyl (C=O) groups excluding carboxylic acids is 1. The number of amides is 1. The van der Waals surface area contributed by atoms with Crippen LogP contribution in [0, 0.1) is 0 Å². The van der Waals surface area contributed by atoms with E-state index in [0.717, 1.165) is 5.56 Å². The minimum absolute atomic E-state index is 0.109. The Balaban J connectivity index is 1.37. The normalized spacial score (nSPS) is 12.7.